The lowest BCUT2D eigenvalue weighted by molar-refractivity contribution is 0.0532. The lowest BCUT2D eigenvalue weighted by Crippen LogP contribution is -2.49. The van der Waals surface area contributed by atoms with Gasteiger partial charge in [0.15, 0.2) is 0 Å². The molecule has 30 heavy (non-hydrogen) atoms. The number of fused-ring (bicyclic) bond motifs is 1. The number of carbonyl (C=O) groups excluding carboxylic acids is 1. The van der Waals surface area contributed by atoms with Crippen LogP contribution in [-0.2, 0) is 4.74 Å². The maximum atomic E-state index is 13.1. The van der Waals surface area contributed by atoms with Gasteiger partial charge in [-0.1, -0.05) is 0 Å². The first-order valence-corrected chi connectivity index (χ1v) is 11.1. The summed E-state index contributed by atoms with van der Waals surface area (Å²) in [4.78, 5) is 23.0. The van der Waals surface area contributed by atoms with E-state index in [2.05, 4.69) is 16.8 Å². The largest absolute Gasteiger partial charge is 0.443 e. The summed E-state index contributed by atoms with van der Waals surface area (Å²) in [6, 6.07) is 6.20. The molecule has 0 radical (unpaired) electrons. The third kappa shape index (κ3) is 4.47. The number of anilines is 1. The number of nitrogen functional groups attached to an aromatic ring is 1. The second-order valence-corrected chi connectivity index (χ2v) is 9.88. The van der Waals surface area contributed by atoms with Crippen molar-refractivity contribution in [2.24, 2.45) is 0 Å². The number of ether oxygens (including phenoxy) is 1. The van der Waals surface area contributed by atoms with Crippen LogP contribution in [0.3, 0.4) is 0 Å². The molecule has 7 heteroatoms. The highest BCUT2D eigenvalue weighted by Gasteiger charge is 2.33. The molecule has 0 amide bonds. The third-order valence-electron chi connectivity index (χ3n) is 6.40. The van der Waals surface area contributed by atoms with Crippen molar-refractivity contribution < 1.29 is 9.53 Å². The maximum absolute atomic E-state index is 13.1. The Balaban J connectivity index is 1.56. The van der Waals surface area contributed by atoms with E-state index in [1.165, 1.54) is 0 Å². The van der Waals surface area contributed by atoms with Gasteiger partial charge in [-0.05, 0) is 71.7 Å². The van der Waals surface area contributed by atoms with Gasteiger partial charge in [-0.25, -0.2) is 14.3 Å². The quantitative estimate of drug-likeness (QED) is 0.757. The minimum absolute atomic E-state index is 0.259. The van der Waals surface area contributed by atoms with Crippen molar-refractivity contribution in [1.29, 1.82) is 0 Å². The molecule has 0 spiro atoms. The van der Waals surface area contributed by atoms with Crippen molar-refractivity contribution in [3.63, 3.8) is 0 Å². The van der Waals surface area contributed by atoms with E-state index in [4.69, 9.17) is 15.5 Å². The Bertz CT molecular complexity index is 900. The van der Waals surface area contributed by atoms with Crippen molar-refractivity contribution in [1.82, 2.24) is 19.4 Å². The van der Waals surface area contributed by atoms with Crippen LogP contribution in [-0.4, -0.2) is 70.3 Å². The van der Waals surface area contributed by atoms with E-state index in [1.807, 2.05) is 39.0 Å². The number of aromatic nitrogens is 2. The van der Waals surface area contributed by atoms with Gasteiger partial charge in [-0.3, -0.25) is 4.90 Å². The highest BCUT2D eigenvalue weighted by molar-refractivity contribution is 5.89. The summed E-state index contributed by atoms with van der Waals surface area (Å²) in [5.74, 6) is 1.08. The molecule has 2 aromatic rings. The van der Waals surface area contributed by atoms with E-state index < -0.39 is 5.60 Å². The number of nitrogens with zero attached hydrogens (tertiary/aromatic N) is 4. The fraction of sp³-hybridized carbons (Fsp3) is 0.652. The molecule has 0 unspecified atom stereocenters. The highest BCUT2D eigenvalue weighted by atomic mass is 16.6. The molecule has 2 aliphatic rings. The average molecular weight is 414 g/mol. The van der Waals surface area contributed by atoms with Crippen LogP contribution in [0.2, 0.25) is 0 Å². The molecule has 0 bridgehead atoms. The van der Waals surface area contributed by atoms with Crippen molar-refractivity contribution in [2.75, 3.05) is 39.0 Å². The van der Waals surface area contributed by atoms with Gasteiger partial charge in [0.1, 0.15) is 11.4 Å². The SMILES string of the molecule is CN1CCN(C2CCC(c3nc4ccc(N)cc4n3C(=O)OC(C)(C)C)CC2)CC1. The predicted molar refractivity (Wildman–Crippen MR) is 120 cm³/mol. The summed E-state index contributed by atoms with van der Waals surface area (Å²) < 4.78 is 7.38. The predicted octanol–water partition coefficient (Wildman–Crippen LogP) is 3.68. The molecular weight excluding hydrogens is 378 g/mol. The molecule has 2 N–H and O–H groups in total. The Morgan fingerprint density at radius 1 is 1.10 bits per heavy atom. The molecule has 1 saturated heterocycles. The summed E-state index contributed by atoms with van der Waals surface area (Å²) in [6.07, 6.45) is 4.01. The minimum atomic E-state index is -0.565. The van der Waals surface area contributed by atoms with Gasteiger partial charge in [0.05, 0.1) is 11.0 Å². The zero-order chi connectivity index (χ0) is 21.5. The van der Waals surface area contributed by atoms with Gasteiger partial charge in [-0.2, -0.15) is 0 Å². The summed E-state index contributed by atoms with van der Waals surface area (Å²) in [5, 5.41) is 0. The van der Waals surface area contributed by atoms with Gasteiger partial charge in [0.2, 0.25) is 0 Å². The number of hydrogen-bond donors (Lipinski definition) is 1. The van der Waals surface area contributed by atoms with Gasteiger partial charge in [-0.15, -0.1) is 0 Å². The van der Waals surface area contributed by atoms with E-state index in [9.17, 15) is 4.79 Å². The molecule has 4 rings (SSSR count). The van der Waals surface area contributed by atoms with E-state index >= 15 is 0 Å². The van der Waals surface area contributed by atoms with Gasteiger partial charge in [0, 0.05) is 43.8 Å². The Morgan fingerprint density at radius 3 is 2.40 bits per heavy atom. The lowest BCUT2D eigenvalue weighted by Gasteiger charge is -2.41. The first-order chi connectivity index (χ1) is 14.2. The smallest absolute Gasteiger partial charge is 0.420 e. The number of imidazole rings is 1. The van der Waals surface area contributed by atoms with Crippen molar-refractivity contribution in [3.05, 3.63) is 24.0 Å². The Hall–Kier alpha value is -2.12. The van der Waals surface area contributed by atoms with Gasteiger partial charge >= 0.3 is 6.09 Å². The molecule has 1 aliphatic carbocycles. The van der Waals surface area contributed by atoms with Crippen LogP contribution in [0, 0.1) is 0 Å². The number of likely N-dealkylation sites (N-methyl/N-ethyl adjacent to an activating group) is 1. The van der Waals surface area contributed by atoms with Crippen LogP contribution >= 0.6 is 0 Å². The monoisotopic (exact) mass is 413 g/mol. The fourth-order valence-electron chi connectivity index (χ4n) is 4.77. The first kappa shape index (κ1) is 21.1. The van der Waals surface area contributed by atoms with E-state index in [1.54, 1.807) is 4.57 Å². The van der Waals surface area contributed by atoms with Crippen molar-refractivity contribution in [3.8, 4) is 0 Å². The Morgan fingerprint density at radius 2 is 1.77 bits per heavy atom. The zero-order valence-electron chi connectivity index (χ0n) is 18.7. The number of rotatable bonds is 2. The molecule has 2 heterocycles. The van der Waals surface area contributed by atoms with Crippen LogP contribution in [0.1, 0.15) is 58.2 Å². The van der Waals surface area contributed by atoms with Crippen molar-refractivity contribution in [2.45, 2.75) is 64.0 Å². The van der Waals surface area contributed by atoms with E-state index in [0.717, 1.165) is 68.7 Å². The molecule has 7 nitrogen and oxygen atoms in total. The molecular formula is C23H35N5O2. The maximum Gasteiger partial charge on any atom is 0.420 e. The fourth-order valence-corrected chi connectivity index (χ4v) is 4.77. The lowest BCUT2D eigenvalue weighted by atomic mass is 9.84. The zero-order valence-corrected chi connectivity index (χ0v) is 18.7. The number of carbonyl (C=O) groups is 1. The third-order valence-corrected chi connectivity index (χ3v) is 6.40. The highest BCUT2D eigenvalue weighted by Crippen LogP contribution is 2.36. The first-order valence-electron chi connectivity index (χ1n) is 11.1. The summed E-state index contributed by atoms with van der Waals surface area (Å²) in [6.45, 7) is 10.3. The number of benzene rings is 1. The summed E-state index contributed by atoms with van der Waals surface area (Å²) in [7, 11) is 2.20. The van der Waals surface area contributed by atoms with Gasteiger partial charge < -0.3 is 15.4 Å². The van der Waals surface area contributed by atoms with Crippen LogP contribution in [0.4, 0.5) is 10.5 Å². The molecule has 1 aliphatic heterocycles. The number of hydrogen-bond acceptors (Lipinski definition) is 6. The van der Waals surface area contributed by atoms with E-state index in [-0.39, 0.29) is 12.0 Å². The normalized spacial score (nSPS) is 24.3. The second-order valence-electron chi connectivity index (χ2n) is 9.88. The van der Waals surface area contributed by atoms with Crippen molar-refractivity contribution >= 4 is 22.8 Å². The molecule has 1 saturated carbocycles. The Kier molecular flexibility index (Phi) is 5.77. The number of nitrogens with two attached hydrogens (primary N) is 1. The van der Waals surface area contributed by atoms with Crippen LogP contribution in [0.5, 0.6) is 0 Å². The topological polar surface area (TPSA) is 76.6 Å². The molecule has 0 atom stereocenters. The molecule has 164 valence electrons. The standard InChI is InChI=1S/C23H35N5O2/c1-23(2,3)30-22(29)28-20-15-17(24)7-10-19(20)25-21(28)16-5-8-18(9-6-16)27-13-11-26(4)12-14-27/h7,10,15-16,18H,5-6,8-9,11-14,24H2,1-4H3. The molecule has 2 fully saturated rings. The molecule has 1 aromatic carbocycles. The summed E-state index contributed by atoms with van der Waals surface area (Å²) in [5.41, 5.74) is 7.61. The molecule has 1 aromatic heterocycles. The minimum Gasteiger partial charge on any atom is -0.443 e. The van der Waals surface area contributed by atoms with Crippen LogP contribution in [0.25, 0.3) is 11.0 Å². The number of piperazine rings is 1. The second kappa shape index (κ2) is 8.19. The average Bonchev–Trinajstić information content (AvgIpc) is 3.06. The van der Waals surface area contributed by atoms with Gasteiger partial charge in [0.25, 0.3) is 0 Å². The Labute approximate surface area is 179 Å². The van der Waals surface area contributed by atoms with Crippen LogP contribution in [0.15, 0.2) is 18.2 Å². The summed E-state index contributed by atoms with van der Waals surface area (Å²) >= 11 is 0. The van der Waals surface area contributed by atoms with E-state index in [0.29, 0.717) is 11.7 Å². The van der Waals surface area contributed by atoms with Crippen LogP contribution < -0.4 is 5.73 Å².